The zero-order chi connectivity index (χ0) is 12.8. The second-order valence-corrected chi connectivity index (χ2v) is 4.82. The van der Waals surface area contributed by atoms with Gasteiger partial charge in [0.05, 0.1) is 6.20 Å². The Balaban J connectivity index is 1.68. The van der Waals surface area contributed by atoms with Crippen LogP contribution in [0, 0.1) is 0 Å². The Morgan fingerprint density at radius 1 is 1.32 bits per heavy atom. The lowest BCUT2D eigenvalue weighted by molar-refractivity contribution is 0.719. The molecule has 0 radical (unpaired) electrons. The van der Waals surface area contributed by atoms with Crippen LogP contribution in [0.5, 0.6) is 0 Å². The highest BCUT2D eigenvalue weighted by Gasteiger charge is 2.30. The van der Waals surface area contributed by atoms with E-state index in [0.29, 0.717) is 11.7 Å². The largest absolute Gasteiger partial charge is 0.282 e. The van der Waals surface area contributed by atoms with E-state index < -0.39 is 0 Å². The van der Waals surface area contributed by atoms with Crippen LogP contribution in [0.15, 0.2) is 12.4 Å². The molecule has 0 aromatic carbocycles. The molecule has 3 heterocycles. The van der Waals surface area contributed by atoms with Crippen molar-refractivity contribution in [3.05, 3.63) is 29.2 Å². The monoisotopic (exact) mass is 256 g/mol. The molecular formula is C11H12N8. The van der Waals surface area contributed by atoms with E-state index in [-0.39, 0.29) is 0 Å². The standard InChI is InChI=1S/C11H12N8/c1-19-5-7(4-12-19)6-2-8-9(3-6)13-14-10(8)11-15-17-18-16-11/h4-6H,2-3H2,1H3,(H,13,14)(H,15,16,17,18). The van der Waals surface area contributed by atoms with Gasteiger partial charge < -0.3 is 0 Å². The van der Waals surface area contributed by atoms with E-state index in [1.54, 1.807) is 0 Å². The van der Waals surface area contributed by atoms with Crippen molar-refractivity contribution in [3.8, 4) is 11.5 Å². The third-order valence-electron chi connectivity index (χ3n) is 3.61. The molecule has 1 unspecified atom stereocenters. The van der Waals surface area contributed by atoms with Crippen molar-refractivity contribution in [2.75, 3.05) is 0 Å². The maximum Gasteiger partial charge on any atom is 0.225 e. The first kappa shape index (κ1) is 10.4. The van der Waals surface area contributed by atoms with Gasteiger partial charge in [0.2, 0.25) is 5.82 Å². The van der Waals surface area contributed by atoms with Crippen LogP contribution in [0.4, 0.5) is 0 Å². The van der Waals surface area contributed by atoms with E-state index >= 15 is 0 Å². The van der Waals surface area contributed by atoms with Gasteiger partial charge in [-0.2, -0.15) is 15.4 Å². The first-order valence-electron chi connectivity index (χ1n) is 6.09. The SMILES string of the molecule is Cn1cc(C2Cc3[nH]nc(-c4nn[nH]n4)c3C2)cn1. The summed E-state index contributed by atoms with van der Waals surface area (Å²) < 4.78 is 1.83. The van der Waals surface area contributed by atoms with E-state index in [1.807, 2.05) is 17.9 Å². The zero-order valence-corrected chi connectivity index (χ0v) is 10.3. The highest BCUT2D eigenvalue weighted by Crippen LogP contribution is 2.36. The maximum absolute atomic E-state index is 4.28. The van der Waals surface area contributed by atoms with Crippen LogP contribution in [0.3, 0.4) is 0 Å². The number of hydrogen-bond donors (Lipinski definition) is 2. The summed E-state index contributed by atoms with van der Waals surface area (Å²) in [5, 5.41) is 25.6. The molecule has 0 saturated carbocycles. The van der Waals surface area contributed by atoms with Gasteiger partial charge in [-0.15, -0.1) is 10.2 Å². The average Bonchev–Trinajstić information content (AvgIpc) is 3.11. The molecule has 4 rings (SSSR count). The molecule has 1 atom stereocenters. The summed E-state index contributed by atoms with van der Waals surface area (Å²) in [6.07, 6.45) is 5.88. The predicted octanol–water partition coefficient (Wildman–Crippen LogP) is 0.206. The Bertz CT molecular complexity index is 707. The number of nitrogens with one attached hydrogen (secondary N) is 2. The second-order valence-electron chi connectivity index (χ2n) is 4.82. The van der Waals surface area contributed by atoms with Crippen LogP contribution in [0.2, 0.25) is 0 Å². The Morgan fingerprint density at radius 3 is 3.00 bits per heavy atom. The molecule has 1 aliphatic rings. The highest BCUT2D eigenvalue weighted by atomic mass is 15.5. The molecule has 0 saturated heterocycles. The lowest BCUT2D eigenvalue weighted by Crippen LogP contribution is -1.98. The van der Waals surface area contributed by atoms with Crippen LogP contribution in [0.25, 0.3) is 11.5 Å². The van der Waals surface area contributed by atoms with Crippen molar-refractivity contribution in [1.82, 2.24) is 40.6 Å². The van der Waals surface area contributed by atoms with Crippen molar-refractivity contribution in [2.45, 2.75) is 18.8 Å². The molecule has 1 aliphatic carbocycles. The summed E-state index contributed by atoms with van der Waals surface area (Å²) in [4.78, 5) is 0. The van der Waals surface area contributed by atoms with Crippen LogP contribution in [-0.2, 0) is 19.9 Å². The number of tetrazole rings is 1. The minimum Gasteiger partial charge on any atom is -0.282 e. The number of aryl methyl sites for hydroxylation is 1. The van der Waals surface area contributed by atoms with Gasteiger partial charge in [0.15, 0.2) is 0 Å². The number of H-pyrrole nitrogens is 2. The summed E-state index contributed by atoms with van der Waals surface area (Å²) in [5.41, 5.74) is 4.41. The van der Waals surface area contributed by atoms with Gasteiger partial charge in [0, 0.05) is 24.5 Å². The van der Waals surface area contributed by atoms with Gasteiger partial charge in [0.1, 0.15) is 5.69 Å². The lowest BCUT2D eigenvalue weighted by atomic mass is 9.99. The fraction of sp³-hybridized carbons (Fsp3) is 0.364. The van der Waals surface area contributed by atoms with Crippen LogP contribution >= 0.6 is 0 Å². The van der Waals surface area contributed by atoms with Crippen LogP contribution < -0.4 is 0 Å². The topological polar surface area (TPSA) is 101 Å². The van der Waals surface area contributed by atoms with Gasteiger partial charge in [-0.05, 0) is 29.5 Å². The molecule has 8 nitrogen and oxygen atoms in total. The van der Waals surface area contributed by atoms with E-state index in [4.69, 9.17) is 0 Å². The molecule has 8 heteroatoms. The summed E-state index contributed by atoms with van der Waals surface area (Å²) in [5.74, 6) is 0.993. The van der Waals surface area contributed by atoms with Gasteiger partial charge >= 0.3 is 0 Å². The summed E-state index contributed by atoms with van der Waals surface area (Å²) in [7, 11) is 1.93. The summed E-state index contributed by atoms with van der Waals surface area (Å²) in [6.45, 7) is 0. The van der Waals surface area contributed by atoms with E-state index in [1.165, 1.54) is 11.1 Å². The van der Waals surface area contributed by atoms with Gasteiger partial charge in [-0.1, -0.05) is 0 Å². The van der Waals surface area contributed by atoms with E-state index in [2.05, 4.69) is 42.1 Å². The van der Waals surface area contributed by atoms with Crippen LogP contribution in [0.1, 0.15) is 22.7 Å². The molecule has 19 heavy (non-hydrogen) atoms. The fourth-order valence-electron chi connectivity index (χ4n) is 2.69. The highest BCUT2D eigenvalue weighted by molar-refractivity contribution is 5.57. The van der Waals surface area contributed by atoms with Crippen molar-refractivity contribution in [3.63, 3.8) is 0 Å². The van der Waals surface area contributed by atoms with Gasteiger partial charge in [-0.25, -0.2) is 0 Å². The summed E-state index contributed by atoms with van der Waals surface area (Å²) in [6, 6.07) is 0. The molecule has 0 amide bonds. The average molecular weight is 256 g/mol. The number of aromatic amines is 2. The number of rotatable bonds is 2. The Kier molecular flexibility index (Phi) is 2.05. The van der Waals surface area contributed by atoms with Crippen molar-refractivity contribution in [1.29, 1.82) is 0 Å². The first-order chi connectivity index (χ1) is 9.31. The maximum atomic E-state index is 4.28. The Hall–Kier alpha value is -2.51. The first-order valence-corrected chi connectivity index (χ1v) is 6.09. The lowest BCUT2D eigenvalue weighted by Gasteiger charge is -2.05. The van der Waals surface area contributed by atoms with Gasteiger partial charge in [-0.3, -0.25) is 9.78 Å². The quantitative estimate of drug-likeness (QED) is 0.682. The smallest absolute Gasteiger partial charge is 0.225 e. The van der Waals surface area contributed by atoms with Crippen molar-refractivity contribution < 1.29 is 0 Å². The molecule has 0 aliphatic heterocycles. The van der Waals surface area contributed by atoms with Crippen molar-refractivity contribution in [2.24, 2.45) is 7.05 Å². The van der Waals surface area contributed by atoms with E-state index in [0.717, 1.165) is 24.2 Å². The minimum absolute atomic E-state index is 0.448. The van der Waals surface area contributed by atoms with Gasteiger partial charge in [0.25, 0.3) is 0 Å². The molecule has 2 N–H and O–H groups in total. The van der Waals surface area contributed by atoms with E-state index in [9.17, 15) is 0 Å². The molecule has 0 spiro atoms. The second kappa shape index (κ2) is 3.74. The molecule has 96 valence electrons. The Labute approximate surface area is 108 Å². The summed E-state index contributed by atoms with van der Waals surface area (Å²) >= 11 is 0. The van der Waals surface area contributed by atoms with Crippen molar-refractivity contribution >= 4 is 0 Å². The predicted molar refractivity (Wildman–Crippen MR) is 65.1 cm³/mol. The number of fused-ring (bicyclic) bond motifs is 1. The zero-order valence-electron chi connectivity index (χ0n) is 10.3. The molecule has 0 bridgehead atoms. The Morgan fingerprint density at radius 2 is 2.26 bits per heavy atom. The minimum atomic E-state index is 0.448. The number of aromatic nitrogens is 8. The molecule has 0 fully saturated rings. The molecule has 3 aromatic heterocycles. The molecule has 3 aromatic rings. The number of hydrogen-bond acceptors (Lipinski definition) is 5. The van der Waals surface area contributed by atoms with Crippen LogP contribution in [-0.4, -0.2) is 40.6 Å². The normalized spacial score (nSPS) is 17.8. The molecular weight excluding hydrogens is 244 g/mol. The third-order valence-corrected chi connectivity index (χ3v) is 3.61. The number of nitrogens with zero attached hydrogens (tertiary/aromatic N) is 6. The third kappa shape index (κ3) is 1.56. The fourth-order valence-corrected chi connectivity index (χ4v) is 2.69.